The highest BCUT2D eigenvalue weighted by atomic mass is 32.2. The van der Waals surface area contributed by atoms with Crippen molar-refractivity contribution in [3.05, 3.63) is 60.8 Å². The van der Waals surface area contributed by atoms with Crippen molar-refractivity contribution in [3.63, 3.8) is 0 Å². The predicted molar refractivity (Wildman–Crippen MR) is 242 cm³/mol. The molecule has 352 valence electrons. The monoisotopic (exact) mass is 883 g/mol. The number of allylic oxidation sites excluding steroid dienone is 10. The summed E-state index contributed by atoms with van der Waals surface area (Å²) in [4.78, 5) is 25.4. The maximum absolute atomic E-state index is 12.8. The minimum atomic E-state index is -4.61. The topological polar surface area (TPSA) is 186 Å². The molecule has 1 saturated heterocycles. The van der Waals surface area contributed by atoms with E-state index >= 15 is 0 Å². The van der Waals surface area contributed by atoms with Crippen LogP contribution in [0.4, 0.5) is 0 Å². The van der Waals surface area contributed by atoms with Gasteiger partial charge in [0.2, 0.25) is 0 Å². The molecule has 0 bridgehead atoms. The van der Waals surface area contributed by atoms with Crippen LogP contribution in [0.2, 0.25) is 0 Å². The standard InChI is InChI=1S/C48H82O12S/c1-3-5-7-9-11-13-15-17-18-19-20-21-22-23-25-26-28-30-32-34-36-43(49)57-38-41(39-58-48-47(53)46(52)45(51)42(60-48)40-61(54,55)56)59-44(50)37-35-33-31-29-27-24-16-14-12-10-8-6-4-2/h6,8,10,12,14,16,24,27,29,31,41-42,45-48,51-53H,3-5,7,9,11,13,15,17-23,25-26,28,30,32-40H2,1-2H3,(H,54,55,56)/b8-6+,12-10+,16-14+,27-24+,31-29+/t41?,42-,45-,46?,47?,48+/m1/s1. The van der Waals surface area contributed by atoms with E-state index in [1.807, 2.05) is 54.7 Å². The molecule has 0 radical (unpaired) electrons. The van der Waals surface area contributed by atoms with Crippen molar-refractivity contribution in [1.29, 1.82) is 0 Å². The van der Waals surface area contributed by atoms with Gasteiger partial charge in [0.15, 0.2) is 12.4 Å². The first-order chi connectivity index (χ1) is 29.5. The van der Waals surface area contributed by atoms with Crippen LogP contribution in [-0.2, 0) is 38.7 Å². The number of aliphatic hydroxyl groups is 3. The molecular weight excluding hydrogens is 801 g/mol. The number of carbonyl (C=O) groups is 2. The van der Waals surface area contributed by atoms with Crippen LogP contribution in [0.15, 0.2) is 60.8 Å². The third-order valence-corrected chi connectivity index (χ3v) is 11.2. The van der Waals surface area contributed by atoms with Crippen molar-refractivity contribution in [2.45, 2.75) is 211 Å². The highest BCUT2D eigenvalue weighted by molar-refractivity contribution is 7.85. The number of ether oxygens (including phenoxy) is 4. The van der Waals surface area contributed by atoms with Crippen LogP contribution in [-0.4, -0.2) is 96.0 Å². The molecule has 0 aliphatic carbocycles. The molecule has 6 atom stereocenters. The molecule has 0 saturated carbocycles. The van der Waals surface area contributed by atoms with Crippen LogP contribution in [0.3, 0.4) is 0 Å². The summed E-state index contributed by atoms with van der Waals surface area (Å²) >= 11 is 0. The highest BCUT2D eigenvalue weighted by Crippen LogP contribution is 2.24. The Kier molecular flexibility index (Phi) is 35.0. The lowest BCUT2D eigenvalue weighted by atomic mass is 10.00. The largest absolute Gasteiger partial charge is 0.462 e. The van der Waals surface area contributed by atoms with Gasteiger partial charge in [-0.15, -0.1) is 0 Å². The number of hydrogen-bond donors (Lipinski definition) is 4. The highest BCUT2D eigenvalue weighted by Gasteiger charge is 2.46. The minimum Gasteiger partial charge on any atom is -0.462 e. The number of aliphatic hydroxyl groups excluding tert-OH is 3. The SMILES string of the molecule is CC/C=C/C=C/C=C/C=C/C=C/CCCC(=O)OC(COC(=O)CCCCCCCCCCCCCCCCCCCCCC)CO[C@H]1O[C@H](CS(=O)(=O)O)[C@@H](O)C(O)C1O. The van der Waals surface area contributed by atoms with Gasteiger partial charge in [-0.2, -0.15) is 8.42 Å². The van der Waals surface area contributed by atoms with Gasteiger partial charge in [0.05, 0.1) is 6.61 Å². The van der Waals surface area contributed by atoms with Crippen molar-refractivity contribution in [3.8, 4) is 0 Å². The second kappa shape index (κ2) is 37.9. The fourth-order valence-corrected chi connectivity index (χ4v) is 7.57. The average Bonchev–Trinajstić information content (AvgIpc) is 3.22. The van der Waals surface area contributed by atoms with E-state index in [1.54, 1.807) is 0 Å². The van der Waals surface area contributed by atoms with Gasteiger partial charge in [-0.05, 0) is 25.7 Å². The molecule has 3 unspecified atom stereocenters. The van der Waals surface area contributed by atoms with Crippen molar-refractivity contribution in [2.75, 3.05) is 19.0 Å². The van der Waals surface area contributed by atoms with E-state index in [0.717, 1.165) is 25.7 Å². The summed E-state index contributed by atoms with van der Waals surface area (Å²) in [6.45, 7) is 3.56. The molecular formula is C48H82O12S. The molecule has 61 heavy (non-hydrogen) atoms. The second-order valence-electron chi connectivity index (χ2n) is 16.2. The van der Waals surface area contributed by atoms with Gasteiger partial charge in [-0.25, -0.2) is 0 Å². The third-order valence-electron chi connectivity index (χ3n) is 10.5. The Bertz CT molecular complexity index is 1360. The lowest BCUT2D eigenvalue weighted by molar-refractivity contribution is -0.297. The molecule has 4 N–H and O–H groups in total. The Morgan fingerprint density at radius 3 is 1.52 bits per heavy atom. The lowest BCUT2D eigenvalue weighted by Gasteiger charge is -2.40. The summed E-state index contributed by atoms with van der Waals surface area (Å²) in [5.74, 6) is -2.08. The van der Waals surface area contributed by atoms with Gasteiger partial charge < -0.3 is 34.3 Å². The Morgan fingerprint density at radius 1 is 0.574 bits per heavy atom. The van der Waals surface area contributed by atoms with Crippen LogP contribution < -0.4 is 0 Å². The second-order valence-corrected chi connectivity index (χ2v) is 17.7. The molecule has 0 aromatic heterocycles. The van der Waals surface area contributed by atoms with Gasteiger partial charge in [-0.3, -0.25) is 14.1 Å². The summed E-state index contributed by atoms with van der Waals surface area (Å²) in [5, 5.41) is 30.9. The summed E-state index contributed by atoms with van der Waals surface area (Å²) in [6, 6.07) is 0. The van der Waals surface area contributed by atoms with Crippen LogP contribution in [0.1, 0.15) is 174 Å². The van der Waals surface area contributed by atoms with E-state index in [2.05, 4.69) is 19.9 Å². The first-order valence-corrected chi connectivity index (χ1v) is 25.0. The van der Waals surface area contributed by atoms with Gasteiger partial charge in [0.25, 0.3) is 10.1 Å². The van der Waals surface area contributed by atoms with Crippen LogP contribution in [0.5, 0.6) is 0 Å². The Balaban J connectivity index is 2.42. The summed E-state index contributed by atoms with van der Waals surface area (Å²) < 4.78 is 54.0. The van der Waals surface area contributed by atoms with Gasteiger partial charge in [0, 0.05) is 12.8 Å². The molecule has 1 fully saturated rings. The summed E-state index contributed by atoms with van der Waals surface area (Å²) in [6.07, 6.45) is 37.2. The molecule has 12 nitrogen and oxygen atoms in total. The zero-order valence-corrected chi connectivity index (χ0v) is 38.3. The van der Waals surface area contributed by atoms with Crippen molar-refractivity contribution in [2.24, 2.45) is 0 Å². The van der Waals surface area contributed by atoms with Crippen LogP contribution in [0.25, 0.3) is 0 Å². The van der Waals surface area contributed by atoms with Gasteiger partial charge in [-0.1, -0.05) is 197 Å². The van der Waals surface area contributed by atoms with E-state index in [-0.39, 0.29) is 19.4 Å². The lowest BCUT2D eigenvalue weighted by Crippen LogP contribution is -2.60. The molecule has 13 heteroatoms. The zero-order chi connectivity index (χ0) is 44.8. The Morgan fingerprint density at radius 2 is 1.03 bits per heavy atom. The molecule has 0 aromatic rings. The third kappa shape index (κ3) is 32.7. The predicted octanol–water partition coefficient (Wildman–Crippen LogP) is 9.73. The smallest absolute Gasteiger partial charge is 0.306 e. The Labute approximate surface area is 368 Å². The quantitative estimate of drug-likeness (QED) is 0.0199. The number of hydrogen-bond acceptors (Lipinski definition) is 11. The Hall–Kier alpha value is -2.65. The molecule has 1 aliphatic rings. The van der Waals surface area contributed by atoms with E-state index < -0.39 is 71.2 Å². The van der Waals surface area contributed by atoms with E-state index in [0.29, 0.717) is 19.3 Å². The number of unbranched alkanes of at least 4 members (excludes halogenated alkanes) is 20. The van der Waals surface area contributed by atoms with Crippen molar-refractivity contribution in [1.82, 2.24) is 0 Å². The molecule has 0 spiro atoms. The minimum absolute atomic E-state index is 0.0672. The van der Waals surface area contributed by atoms with E-state index in [9.17, 15) is 37.9 Å². The van der Waals surface area contributed by atoms with Crippen LogP contribution >= 0.6 is 0 Å². The first-order valence-electron chi connectivity index (χ1n) is 23.4. The molecule has 1 rings (SSSR count). The summed E-state index contributed by atoms with van der Waals surface area (Å²) in [7, 11) is -4.61. The van der Waals surface area contributed by atoms with E-state index in [4.69, 9.17) is 18.9 Å². The number of rotatable bonds is 38. The zero-order valence-electron chi connectivity index (χ0n) is 37.5. The maximum atomic E-state index is 12.8. The maximum Gasteiger partial charge on any atom is 0.306 e. The molecule has 1 aliphatic heterocycles. The molecule has 0 amide bonds. The van der Waals surface area contributed by atoms with Crippen molar-refractivity contribution >= 4 is 22.1 Å². The van der Waals surface area contributed by atoms with Gasteiger partial charge >= 0.3 is 11.9 Å². The van der Waals surface area contributed by atoms with E-state index in [1.165, 1.54) is 103 Å². The first kappa shape index (κ1) is 56.4. The molecule has 1 heterocycles. The van der Waals surface area contributed by atoms with Crippen molar-refractivity contribution < 1.29 is 56.8 Å². The summed E-state index contributed by atoms with van der Waals surface area (Å²) in [5.41, 5.74) is 0. The fourth-order valence-electron chi connectivity index (χ4n) is 6.88. The molecule has 0 aromatic carbocycles. The normalized spacial score (nSPS) is 20.5. The fraction of sp³-hybridized carbons (Fsp3) is 0.750. The van der Waals surface area contributed by atoms with Crippen LogP contribution in [0, 0.1) is 0 Å². The number of carbonyl (C=O) groups excluding carboxylic acids is 2. The number of esters is 2. The average molecular weight is 883 g/mol. The van der Waals surface area contributed by atoms with Gasteiger partial charge in [0.1, 0.15) is 36.8 Å².